The van der Waals surface area contributed by atoms with Crippen molar-refractivity contribution in [3.05, 3.63) is 47.1 Å². The van der Waals surface area contributed by atoms with E-state index in [0.717, 1.165) is 5.56 Å². The predicted molar refractivity (Wildman–Crippen MR) is 68.2 cm³/mol. The zero-order valence-electron chi connectivity index (χ0n) is 9.55. The van der Waals surface area contributed by atoms with Gasteiger partial charge in [0.1, 0.15) is 11.4 Å². The van der Waals surface area contributed by atoms with Gasteiger partial charge in [-0.3, -0.25) is 0 Å². The van der Waals surface area contributed by atoms with E-state index in [9.17, 15) is 4.79 Å². The number of hydrogen-bond acceptors (Lipinski definition) is 3. The minimum absolute atomic E-state index is 0.00131. The van der Waals surface area contributed by atoms with Crippen molar-refractivity contribution in [3.63, 3.8) is 0 Å². The molecule has 1 aromatic heterocycles. The second-order valence-corrected chi connectivity index (χ2v) is 3.97. The summed E-state index contributed by atoms with van der Waals surface area (Å²) in [5.74, 6) is -0.533. The largest absolute Gasteiger partial charge is 0.495 e. The molecular weight excluding hydrogens is 254 g/mol. The molecule has 0 amide bonds. The van der Waals surface area contributed by atoms with E-state index in [1.807, 2.05) is 0 Å². The molecule has 0 unspecified atom stereocenters. The molecule has 0 radical (unpaired) electrons. The first-order valence-corrected chi connectivity index (χ1v) is 5.54. The van der Waals surface area contributed by atoms with E-state index in [-0.39, 0.29) is 5.69 Å². The van der Waals surface area contributed by atoms with E-state index in [1.54, 1.807) is 30.3 Å². The van der Waals surface area contributed by atoms with Gasteiger partial charge in [0, 0.05) is 5.56 Å². The third-order valence-corrected chi connectivity index (χ3v) is 2.73. The Morgan fingerprint density at radius 3 is 2.78 bits per heavy atom. The van der Waals surface area contributed by atoms with Gasteiger partial charge >= 0.3 is 5.97 Å². The Kier molecular flexibility index (Phi) is 3.48. The number of rotatable bonds is 3. The number of aromatic carboxylic acids is 1. The maximum atomic E-state index is 10.9. The van der Waals surface area contributed by atoms with Crippen molar-refractivity contribution in [3.8, 4) is 17.0 Å². The van der Waals surface area contributed by atoms with E-state index < -0.39 is 5.97 Å². The fourth-order valence-corrected chi connectivity index (χ4v) is 1.73. The van der Waals surface area contributed by atoms with Crippen LogP contribution in [0.25, 0.3) is 11.3 Å². The lowest BCUT2D eigenvalue weighted by Gasteiger charge is -2.06. The lowest BCUT2D eigenvalue weighted by Crippen LogP contribution is -2.00. The summed E-state index contributed by atoms with van der Waals surface area (Å²) in [5, 5.41) is 9.39. The molecule has 0 spiro atoms. The Bertz CT molecular complexity index is 599. The summed E-state index contributed by atoms with van der Waals surface area (Å²) in [5.41, 5.74) is 1.31. The maximum absolute atomic E-state index is 10.9. The Morgan fingerprint density at radius 1 is 1.33 bits per heavy atom. The average molecular weight is 264 g/mol. The lowest BCUT2D eigenvalue weighted by atomic mass is 10.1. The summed E-state index contributed by atoms with van der Waals surface area (Å²) in [6.45, 7) is 0. The van der Waals surface area contributed by atoms with Crippen LogP contribution in [0.5, 0.6) is 5.75 Å². The SMILES string of the molecule is COc1cc(-c2cccc(C(=O)O)n2)ccc1Cl. The van der Waals surface area contributed by atoms with Gasteiger partial charge in [-0.05, 0) is 24.3 Å². The van der Waals surface area contributed by atoms with Crippen molar-refractivity contribution in [1.82, 2.24) is 4.98 Å². The normalized spacial score (nSPS) is 10.1. The quantitative estimate of drug-likeness (QED) is 0.924. The molecule has 1 N–H and O–H groups in total. The smallest absolute Gasteiger partial charge is 0.354 e. The molecule has 92 valence electrons. The van der Waals surface area contributed by atoms with Crippen LogP contribution < -0.4 is 4.74 Å². The maximum Gasteiger partial charge on any atom is 0.354 e. The summed E-state index contributed by atoms with van der Waals surface area (Å²) in [6.07, 6.45) is 0. The molecule has 0 fully saturated rings. The van der Waals surface area contributed by atoms with Crippen molar-refractivity contribution < 1.29 is 14.6 Å². The number of aromatic nitrogens is 1. The van der Waals surface area contributed by atoms with Gasteiger partial charge in [-0.15, -0.1) is 0 Å². The molecule has 2 aromatic rings. The van der Waals surface area contributed by atoms with Gasteiger partial charge < -0.3 is 9.84 Å². The van der Waals surface area contributed by atoms with E-state index in [4.69, 9.17) is 21.4 Å². The van der Waals surface area contributed by atoms with E-state index in [0.29, 0.717) is 16.5 Å². The Balaban J connectivity index is 2.48. The molecule has 2 rings (SSSR count). The highest BCUT2D eigenvalue weighted by molar-refractivity contribution is 6.32. The number of carboxylic acids is 1. The number of methoxy groups -OCH3 is 1. The zero-order valence-corrected chi connectivity index (χ0v) is 10.3. The van der Waals surface area contributed by atoms with E-state index in [2.05, 4.69) is 4.98 Å². The van der Waals surface area contributed by atoms with Crippen molar-refractivity contribution in [2.45, 2.75) is 0 Å². The van der Waals surface area contributed by atoms with Crippen LogP contribution in [0.2, 0.25) is 5.02 Å². The van der Waals surface area contributed by atoms with Crippen LogP contribution in [0.1, 0.15) is 10.5 Å². The molecular formula is C13H10ClNO3. The van der Waals surface area contributed by atoms with Crippen molar-refractivity contribution in [1.29, 1.82) is 0 Å². The van der Waals surface area contributed by atoms with E-state index in [1.165, 1.54) is 13.2 Å². The zero-order chi connectivity index (χ0) is 13.1. The summed E-state index contributed by atoms with van der Waals surface area (Å²) in [7, 11) is 1.52. The fraction of sp³-hybridized carbons (Fsp3) is 0.0769. The van der Waals surface area contributed by atoms with Gasteiger partial charge in [0.15, 0.2) is 0 Å². The van der Waals surface area contributed by atoms with Crippen LogP contribution in [0, 0.1) is 0 Å². The van der Waals surface area contributed by atoms with Gasteiger partial charge in [-0.2, -0.15) is 0 Å². The summed E-state index contributed by atoms with van der Waals surface area (Å²) in [4.78, 5) is 14.9. The number of carbonyl (C=O) groups is 1. The van der Waals surface area contributed by atoms with Crippen molar-refractivity contribution >= 4 is 17.6 Å². The standard InChI is InChI=1S/C13H10ClNO3/c1-18-12-7-8(5-6-9(12)14)10-3-2-4-11(15-10)13(16)17/h2-7H,1H3,(H,16,17). The number of pyridine rings is 1. The number of benzene rings is 1. The highest BCUT2D eigenvalue weighted by atomic mass is 35.5. The minimum Gasteiger partial charge on any atom is -0.495 e. The summed E-state index contributed by atoms with van der Waals surface area (Å²) >= 11 is 5.93. The molecule has 1 heterocycles. The number of hydrogen-bond donors (Lipinski definition) is 1. The lowest BCUT2D eigenvalue weighted by molar-refractivity contribution is 0.0690. The van der Waals surface area contributed by atoms with Gasteiger partial charge in [-0.25, -0.2) is 9.78 Å². The number of nitrogens with zero attached hydrogens (tertiary/aromatic N) is 1. The molecule has 0 bridgehead atoms. The molecule has 0 saturated heterocycles. The number of carboxylic acid groups (broad SMARTS) is 1. The molecule has 0 aliphatic heterocycles. The average Bonchev–Trinajstić information content (AvgIpc) is 2.39. The highest BCUT2D eigenvalue weighted by Crippen LogP contribution is 2.29. The third kappa shape index (κ3) is 2.43. The van der Waals surface area contributed by atoms with Crippen LogP contribution in [0.3, 0.4) is 0 Å². The van der Waals surface area contributed by atoms with Crippen molar-refractivity contribution in [2.24, 2.45) is 0 Å². The van der Waals surface area contributed by atoms with Gasteiger partial charge in [-0.1, -0.05) is 23.7 Å². The van der Waals surface area contributed by atoms with Gasteiger partial charge in [0.25, 0.3) is 0 Å². The number of ether oxygens (including phenoxy) is 1. The molecule has 18 heavy (non-hydrogen) atoms. The third-order valence-electron chi connectivity index (χ3n) is 2.42. The molecule has 0 aliphatic rings. The predicted octanol–water partition coefficient (Wildman–Crippen LogP) is 3.11. The van der Waals surface area contributed by atoms with Gasteiger partial charge in [0.05, 0.1) is 17.8 Å². The topological polar surface area (TPSA) is 59.4 Å². The monoisotopic (exact) mass is 263 g/mol. The molecule has 5 heteroatoms. The molecule has 0 aliphatic carbocycles. The first-order valence-electron chi connectivity index (χ1n) is 5.16. The van der Waals surface area contributed by atoms with Crippen LogP contribution in [0.15, 0.2) is 36.4 Å². The summed E-state index contributed by atoms with van der Waals surface area (Å²) < 4.78 is 5.11. The van der Waals surface area contributed by atoms with Crippen molar-refractivity contribution in [2.75, 3.05) is 7.11 Å². The Morgan fingerprint density at radius 2 is 2.11 bits per heavy atom. The fourth-order valence-electron chi connectivity index (χ4n) is 1.53. The van der Waals surface area contributed by atoms with E-state index >= 15 is 0 Å². The second-order valence-electron chi connectivity index (χ2n) is 3.56. The Hall–Kier alpha value is -2.07. The molecule has 0 atom stereocenters. The minimum atomic E-state index is -1.06. The van der Waals surface area contributed by atoms with Crippen LogP contribution in [-0.2, 0) is 0 Å². The first-order chi connectivity index (χ1) is 8.61. The van der Waals surface area contributed by atoms with Crippen LogP contribution in [0.4, 0.5) is 0 Å². The van der Waals surface area contributed by atoms with Crippen LogP contribution >= 0.6 is 11.6 Å². The molecule has 0 saturated carbocycles. The first kappa shape index (κ1) is 12.4. The molecule has 1 aromatic carbocycles. The molecule has 4 nitrogen and oxygen atoms in total. The second kappa shape index (κ2) is 5.06. The summed E-state index contributed by atoms with van der Waals surface area (Å²) in [6, 6.07) is 9.99. The highest BCUT2D eigenvalue weighted by Gasteiger charge is 2.08. The Labute approximate surface area is 109 Å². The van der Waals surface area contributed by atoms with Crippen LogP contribution in [-0.4, -0.2) is 23.2 Å². The van der Waals surface area contributed by atoms with Gasteiger partial charge in [0.2, 0.25) is 0 Å². The number of halogens is 1.